The zero-order chi connectivity index (χ0) is 9.84. The van der Waals surface area contributed by atoms with Crippen molar-refractivity contribution >= 4 is 33.3 Å². The van der Waals surface area contributed by atoms with Gasteiger partial charge in [0, 0.05) is 11.4 Å². The Morgan fingerprint density at radius 2 is 2.23 bits per heavy atom. The zero-order valence-electron chi connectivity index (χ0n) is 7.31. The first-order valence-electron chi connectivity index (χ1n) is 3.97. The molecule has 13 heavy (non-hydrogen) atoms. The largest absolute Gasteiger partial charge is 0.298 e. The van der Waals surface area contributed by atoms with Gasteiger partial charge in [0.2, 0.25) is 0 Å². The Kier molecular flexibility index (Phi) is 3.94. The van der Waals surface area contributed by atoms with E-state index in [2.05, 4.69) is 15.9 Å². The molecule has 1 aromatic carbocycles. The molecule has 0 N–H and O–H groups in total. The van der Waals surface area contributed by atoms with Gasteiger partial charge in [-0.05, 0) is 24.1 Å². The van der Waals surface area contributed by atoms with Crippen LogP contribution >= 0.6 is 27.5 Å². The molecule has 3 heteroatoms. The Balaban J connectivity index is 2.93. The third-order valence-electron chi connectivity index (χ3n) is 1.88. The molecule has 0 fully saturated rings. The van der Waals surface area contributed by atoms with Gasteiger partial charge in [-0.3, -0.25) is 4.79 Å². The molecule has 0 saturated carbocycles. The molecule has 0 aliphatic heterocycles. The Bertz CT molecular complexity index is 302. The molecular weight excluding hydrogens is 251 g/mol. The van der Waals surface area contributed by atoms with E-state index in [9.17, 15) is 4.79 Å². The van der Waals surface area contributed by atoms with Gasteiger partial charge in [-0.2, -0.15) is 0 Å². The van der Waals surface area contributed by atoms with E-state index < -0.39 is 0 Å². The predicted octanol–water partition coefficient (Wildman–Crippen LogP) is 3.15. The highest BCUT2D eigenvalue weighted by atomic mass is 79.9. The van der Waals surface area contributed by atoms with Crippen LogP contribution in [0.3, 0.4) is 0 Å². The minimum Gasteiger partial charge on any atom is -0.298 e. The van der Waals surface area contributed by atoms with Crippen LogP contribution in [0.25, 0.3) is 0 Å². The molecule has 0 spiro atoms. The van der Waals surface area contributed by atoms with Gasteiger partial charge in [0.25, 0.3) is 0 Å². The maximum absolute atomic E-state index is 11.2. The normalized spacial score (nSPS) is 10.1. The van der Waals surface area contributed by atoms with E-state index in [-0.39, 0.29) is 5.78 Å². The fraction of sp³-hybridized carbons (Fsp3) is 0.300. The van der Waals surface area contributed by atoms with Crippen molar-refractivity contribution in [1.29, 1.82) is 0 Å². The lowest BCUT2D eigenvalue weighted by Gasteiger charge is -2.05. The van der Waals surface area contributed by atoms with Crippen LogP contribution in [0.5, 0.6) is 0 Å². The number of carbonyl (C=O) groups excluding carboxylic acids is 1. The van der Waals surface area contributed by atoms with Crippen molar-refractivity contribution < 1.29 is 4.79 Å². The van der Waals surface area contributed by atoms with Gasteiger partial charge in [0.15, 0.2) is 0 Å². The number of alkyl halides is 1. The lowest BCUT2D eigenvalue weighted by atomic mass is 10.0. The summed E-state index contributed by atoms with van der Waals surface area (Å²) in [6.45, 7) is 1.96. The number of Topliss-reactive ketones (excluding diaryl/α,β-unsaturated/α-hetero) is 1. The summed E-state index contributed by atoms with van der Waals surface area (Å²) in [6.07, 6.45) is 0.413. The van der Waals surface area contributed by atoms with Gasteiger partial charge in [-0.1, -0.05) is 39.7 Å². The molecule has 0 saturated heterocycles. The Morgan fingerprint density at radius 1 is 1.54 bits per heavy atom. The molecular formula is C10H10BrClO. The molecule has 0 aromatic heterocycles. The van der Waals surface area contributed by atoms with E-state index >= 15 is 0 Å². The Hall–Kier alpha value is -0.340. The number of hydrogen-bond acceptors (Lipinski definition) is 1. The molecule has 1 nitrogen and oxygen atoms in total. The fourth-order valence-corrected chi connectivity index (χ4v) is 1.62. The number of carbonyl (C=O) groups is 1. The molecule has 70 valence electrons. The second kappa shape index (κ2) is 4.77. The van der Waals surface area contributed by atoms with Gasteiger partial charge in [0.1, 0.15) is 5.78 Å². The number of benzene rings is 1. The quantitative estimate of drug-likeness (QED) is 0.764. The summed E-state index contributed by atoms with van der Waals surface area (Å²) >= 11 is 9.09. The average molecular weight is 262 g/mol. The topological polar surface area (TPSA) is 17.1 Å². The van der Waals surface area contributed by atoms with E-state index in [1.165, 1.54) is 0 Å². The van der Waals surface area contributed by atoms with Crippen molar-refractivity contribution in [3.05, 3.63) is 34.3 Å². The molecule has 0 aliphatic rings. The summed E-state index contributed by atoms with van der Waals surface area (Å²) < 4.78 is 0. The van der Waals surface area contributed by atoms with Crippen molar-refractivity contribution in [3.63, 3.8) is 0 Å². The summed E-state index contributed by atoms with van der Waals surface area (Å²) in [7, 11) is 0. The summed E-state index contributed by atoms with van der Waals surface area (Å²) in [5, 5.41) is 1.06. The number of hydrogen-bond donors (Lipinski definition) is 0. The van der Waals surface area contributed by atoms with Gasteiger partial charge in [-0.25, -0.2) is 0 Å². The van der Waals surface area contributed by atoms with Gasteiger partial charge >= 0.3 is 0 Å². The highest BCUT2D eigenvalue weighted by molar-refractivity contribution is 9.09. The number of halogens is 2. The van der Waals surface area contributed by atoms with Crippen LogP contribution in [-0.4, -0.2) is 11.1 Å². The average Bonchev–Trinajstić information content (AvgIpc) is 2.11. The molecule has 0 radical (unpaired) electrons. The third-order valence-corrected chi connectivity index (χ3v) is 2.86. The first-order valence-corrected chi connectivity index (χ1v) is 5.46. The van der Waals surface area contributed by atoms with Crippen LogP contribution in [0, 0.1) is 6.92 Å². The number of rotatable bonds is 3. The summed E-state index contributed by atoms with van der Waals surface area (Å²) in [6, 6.07) is 5.66. The third kappa shape index (κ3) is 2.82. The lowest BCUT2D eigenvalue weighted by molar-refractivity contribution is -0.115. The monoisotopic (exact) mass is 260 g/mol. The maximum atomic E-state index is 11.2. The first-order chi connectivity index (χ1) is 6.15. The summed E-state index contributed by atoms with van der Waals surface area (Å²) in [5.41, 5.74) is 2.01. The molecule has 1 rings (SSSR count). The van der Waals surface area contributed by atoms with E-state index in [1.807, 2.05) is 25.1 Å². The van der Waals surface area contributed by atoms with Crippen molar-refractivity contribution in [2.75, 3.05) is 5.33 Å². The van der Waals surface area contributed by atoms with Crippen LogP contribution in [-0.2, 0) is 11.2 Å². The van der Waals surface area contributed by atoms with Crippen LogP contribution in [0.1, 0.15) is 11.1 Å². The molecule has 0 atom stereocenters. The van der Waals surface area contributed by atoms with Gasteiger partial charge < -0.3 is 0 Å². The summed E-state index contributed by atoms with van der Waals surface area (Å²) in [5.74, 6) is 0.149. The fourth-order valence-electron chi connectivity index (χ4n) is 1.13. The molecule has 0 heterocycles. The predicted molar refractivity (Wildman–Crippen MR) is 58.7 cm³/mol. The van der Waals surface area contributed by atoms with Crippen molar-refractivity contribution in [2.45, 2.75) is 13.3 Å². The summed E-state index contributed by atoms with van der Waals surface area (Å²) in [4.78, 5) is 11.2. The van der Waals surface area contributed by atoms with Crippen LogP contribution < -0.4 is 0 Å². The van der Waals surface area contributed by atoms with Crippen molar-refractivity contribution in [2.24, 2.45) is 0 Å². The second-order valence-corrected chi connectivity index (χ2v) is 3.85. The lowest BCUT2D eigenvalue weighted by Crippen LogP contribution is -2.05. The molecule has 0 unspecified atom stereocenters. The van der Waals surface area contributed by atoms with Crippen LogP contribution in [0.15, 0.2) is 18.2 Å². The molecule has 0 amide bonds. The smallest absolute Gasteiger partial charge is 0.147 e. The Morgan fingerprint density at radius 3 is 2.77 bits per heavy atom. The SMILES string of the molecule is Cc1cccc(Cl)c1CC(=O)CBr. The highest BCUT2D eigenvalue weighted by Gasteiger charge is 2.07. The van der Waals surface area contributed by atoms with E-state index in [1.54, 1.807) is 0 Å². The van der Waals surface area contributed by atoms with Crippen molar-refractivity contribution in [3.8, 4) is 0 Å². The number of ketones is 1. The van der Waals surface area contributed by atoms with E-state index in [0.29, 0.717) is 16.8 Å². The minimum atomic E-state index is 0.149. The second-order valence-electron chi connectivity index (χ2n) is 2.88. The van der Waals surface area contributed by atoms with Crippen LogP contribution in [0.4, 0.5) is 0 Å². The van der Waals surface area contributed by atoms with Crippen LogP contribution in [0.2, 0.25) is 5.02 Å². The standard InChI is InChI=1S/C10H10BrClO/c1-7-3-2-4-10(12)9(7)5-8(13)6-11/h2-4H,5-6H2,1H3. The van der Waals surface area contributed by atoms with E-state index in [4.69, 9.17) is 11.6 Å². The highest BCUT2D eigenvalue weighted by Crippen LogP contribution is 2.20. The first kappa shape index (κ1) is 10.7. The minimum absolute atomic E-state index is 0.149. The van der Waals surface area contributed by atoms with Gasteiger partial charge in [-0.15, -0.1) is 0 Å². The maximum Gasteiger partial charge on any atom is 0.147 e. The van der Waals surface area contributed by atoms with Gasteiger partial charge in [0.05, 0.1) is 5.33 Å². The van der Waals surface area contributed by atoms with E-state index in [0.717, 1.165) is 11.1 Å². The zero-order valence-corrected chi connectivity index (χ0v) is 9.65. The van der Waals surface area contributed by atoms with Crippen molar-refractivity contribution in [1.82, 2.24) is 0 Å². The molecule has 0 bridgehead atoms. The molecule has 0 aliphatic carbocycles. The molecule has 1 aromatic rings. The Labute approximate surface area is 91.2 Å². The number of aryl methyl sites for hydroxylation is 1.